The molecular formula is C12H15ClN4O3. The van der Waals surface area contributed by atoms with Crippen LogP contribution < -0.4 is 11.1 Å². The average molecular weight is 299 g/mol. The minimum Gasteiger partial charge on any atom is -0.367 e. The third-order valence-corrected chi connectivity index (χ3v) is 3.33. The number of nitrogens with one attached hydrogen (secondary N) is 1. The zero-order chi connectivity index (χ0) is 14.7. The first kappa shape index (κ1) is 14.5. The minimum atomic E-state index is -0.764. The van der Waals surface area contributed by atoms with Crippen molar-refractivity contribution in [1.29, 1.82) is 0 Å². The number of hydrogen-bond acceptors (Lipinski definition) is 4. The number of halogens is 1. The normalized spacial score (nSPS) is 18.7. The molecule has 2 rings (SSSR count). The third kappa shape index (κ3) is 3.37. The summed E-state index contributed by atoms with van der Waals surface area (Å²) in [6.45, 7) is 2.61. The Kier molecular flexibility index (Phi) is 4.41. The van der Waals surface area contributed by atoms with E-state index in [9.17, 15) is 9.59 Å². The Morgan fingerprint density at radius 3 is 3.00 bits per heavy atom. The number of nitrogens with two attached hydrogens (primary N) is 1. The molecule has 1 aliphatic heterocycles. The van der Waals surface area contributed by atoms with Crippen molar-refractivity contribution in [3.8, 4) is 0 Å². The molecule has 0 aliphatic carbocycles. The smallest absolute Gasteiger partial charge is 0.322 e. The molecule has 2 heterocycles. The molecule has 1 aliphatic rings. The van der Waals surface area contributed by atoms with Gasteiger partial charge in [0.1, 0.15) is 5.15 Å². The average Bonchev–Trinajstić information content (AvgIpc) is 2.43. The highest BCUT2D eigenvalue weighted by Crippen LogP contribution is 2.17. The van der Waals surface area contributed by atoms with E-state index in [0.717, 1.165) is 5.56 Å². The molecule has 0 bridgehead atoms. The summed E-state index contributed by atoms with van der Waals surface area (Å²) in [6.07, 6.45) is 0.707. The molecule has 1 aromatic rings. The summed E-state index contributed by atoms with van der Waals surface area (Å²) in [5.74, 6) is -0.577. The second-order valence-electron chi connectivity index (χ2n) is 4.47. The van der Waals surface area contributed by atoms with Crippen molar-refractivity contribution in [3.05, 3.63) is 23.0 Å². The summed E-state index contributed by atoms with van der Waals surface area (Å²) < 4.78 is 5.18. The number of aryl methyl sites for hydroxylation is 1. The van der Waals surface area contributed by atoms with Gasteiger partial charge in [-0.15, -0.1) is 0 Å². The van der Waals surface area contributed by atoms with E-state index in [2.05, 4.69) is 10.3 Å². The van der Waals surface area contributed by atoms with Crippen LogP contribution in [0.1, 0.15) is 5.56 Å². The number of aromatic nitrogens is 1. The van der Waals surface area contributed by atoms with Crippen LogP contribution in [0.4, 0.5) is 10.5 Å². The molecular weight excluding hydrogens is 284 g/mol. The van der Waals surface area contributed by atoms with Crippen molar-refractivity contribution in [2.45, 2.75) is 13.0 Å². The van der Waals surface area contributed by atoms with Crippen LogP contribution in [0.2, 0.25) is 5.15 Å². The monoisotopic (exact) mass is 298 g/mol. The van der Waals surface area contributed by atoms with Crippen LogP contribution >= 0.6 is 11.6 Å². The van der Waals surface area contributed by atoms with Crippen molar-refractivity contribution in [2.75, 3.05) is 25.0 Å². The van der Waals surface area contributed by atoms with Crippen LogP contribution in [0.15, 0.2) is 12.3 Å². The van der Waals surface area contributed by atoms with Crippen LogP contribution in [0.3, 0.4) is 0 Å². The highest BCUT2D eigenvalue weighted by atomic mass is 35.5. The summed E-state index contributed by atoms with van der Waals surface area (Å²) in [4.78, 5) is 28.6. The van der Waals surface area contributed by atoms with Crippen LogP contribution in [-0.2, 0) is 9.53 Å². The number of rotatable bonds is 2. The SMILES string of the molecule is Cc1cc(NC(=O)N2CCO[C@@H](C(N)=O)C2)cnc1Cl. The summed E-state index contributed by atoms with van der Waals surface area (Å²) in [5.41, 5.74) is 6.48. The zero-order valence-electron chi connectivity index (χ0n) is 10.9. The van der Waals surface area contributed by atoms with Crippen LogP contribution in [0.5, 0.6) is 0 Å². The van der Waals surface area contributed by atoms with Gasteiger partial charge in [-0.1, -0.05) is 11.6 Å². The predicted octanol–water partition coefficient (Wildman–Crippen LogP) is 0.761. The molecule has 1 fully saturated rings. The lowest BCUT2D eigenvalue weighted by atomic mass is 10.2. The number of ether oxygens (including phenoxy) is 1. The third-order valence-electron chi connectivity index (χ3n) is 2.94. The molecule has 108 valence electrons. The fourth-order valence-corrected chi connectivity index (χ4v) is 1.94. The first-order valence-electron chi connectivity index (χ1n) is 6.06. The maximum absolute atomic E-state index is 12.1. The van der Waals surface area contributed by atoms with Gasteiger partial charge < -0.3 is 20.7 Å². The molecule has 3 amide bonds. The van der Waals surface area contributed by atoms with Gasteiger partial charge in [-0.25, -0.2) is 9.78 Å². The van der Waals surface area contributed by atoms with Crippen LogP contribution in [-0.4, -0.2) is 47.6 Å². The fraction of sp³-hybridized carbons (Fsp3) is 0.417. The molecule has 1 saturated heterocycles. The van der Waals surface area contributed by atoms with Gasteiger partial charge in [0, 0.05) is 6.54 Å². The van der Waals surface area contributed by atoms with Gasteiger partial charge in [0.05, 0.1) is 25.0 Å². The summed E-state index contributed by atoms with van der Waals surface area (Å²) in [6, 6.07) is 1.39. The van der Waals surface area contributed by atoms with Gasteiger partial charge >= 0.3 is 6.03 Å². The predicted molar refractivity (Wildman–Crippen MR) is 73.5 cm³/mol. The number of primary amides is 1. The number of carbonyl (C=O) groups is 2. The fourth-order valence-electron chi connectivity index (χ4n) is 1.83. The van der Waals surface area contributed by atoms with E-state index in [-0.39, 0.29) is 19.2 Å². The molecule has 0 spiro atoms. The van der Waals surface area contributed by atoms with Gasteiger partial charge in [0.15, 0.2) is 6.10 Å². The number of hydrogen-bond donors (Lipinski definition) is 2. The largest absolute Gasteiger partial charge is 0.367 e. The van der Waals surface area contributed by atoms with E-state index in [0.29, 0.717) is 17.4 Å². The van der Waals surface area contributed by atoms with Crippen molar-refractivity contribution in [3.63, 3.8) is 0 Å². The van der Waals surface area contributed by atoms with Gasteiger partial charge in [-0.3, -0.25) is 4.79 Å². The lowest BCUT2D eigenvalue weighted by molar-refractivity contribution is -0.133. The van der Waals surface area contributed by atoms with Crippen molar-refractivity contribution in [1.82, 2.24) is 9.88 Å². The van der Waals surface area contributed by atoms with Crippen LogP contribution in [0.25, 0.3) is 0 Å². The van der Waals surface area contributed by atoms with Crippen molar-refractivity contribution in [2.24, 2.45) is 5.73 Å². The second-order valence-corrected chi connectivity index (χ2v) is 4.83. The second kappa shape index (κ2) is 6.06. The van der Waals surface area contributed by atoms with E-state index >= 15 is 0 Å². The number of morpholine rings is 1. The van der Waals surface area contributed by atoms with Gasteiger partial charge in [-0.05, 0) is 18.6 Å². The molecule has 1 aromatic heterocycles. The molecule has 8 heteroatoms. The Labute approximate surface area is 121 Å². The number of urea groups is 1. The van der Waals surface area contributed by atoms with Gasteiger partial charge in [0.2, 0.25) is 5.91 Å². The molecule has 0 aromatic carbocycles. The summed E-state index contributed by atoms with van der Waals surface area (Å²) in [7, 11) is 0. The summed E-state index contributed by atoms with van der Waals surface area (Å²) in [5, 5.41) is 3.09. The topological polar surface area (TPSA) is 97.5 Å². The van der Waals surface area contributed by atoms with E-state index in [1.807, 2.05) is 0 Å². The molecule has 3 N–H and O–H groups in total. The molecule has 0 unspecified atom stereocenters. The lowest BCUT2D eigenvalue weighted by Gasteiger charge is -2.31. The quantitative estimate of drug-likeness (QED) is 0.788. The number of amides is 3. The highest BCUT2D eigenvalue weighted by Gasteiger charge is 2.27. The molecule has 0 radical (unpaired) electrons. The Morgan fingerprint density at radius 1 is 1.60 bits per heavy atom. The standard InChI is InChI=1S/C12H15ClN4O3/c1-7-4-8(5-15-10(7)13)16-12(19)17-2-3-20-9(6-17)11(14)18/h4-5,9H,2-3,6H2,1H3,(H2,14,18)(H,16,19)/t9-/m1/s1. The van der Waals surface area contributed by atoms with E-state index in [1.165, 1.54) is 11.1 Å². The number of nitrogens with zero attached hydrogens (tertiary/aromatic N) is 2. The Hall–Kier alpha value is -1.86. The highest BCUT2D eigenvalue weighted by molar-refractivity contribution is 6.30. The minimum absolute atomic E-state index is 0.140. The zero-order valence-corrected chi connectivity index (χ0v) is 11.7. The Morgan fingerprint density at radius 2 is 2.35 bits per heavy atom. The van der Waals surface area contributed by atoms with E-state index < -0.39 is 12.0 Å². The first-order valence-corrected chi connectivity index (χ1v) is 6.44. The maximum Gasteiger partial charge on any atom is 0.322 e. The summed E-state index contributed by atoms with van der Waals surface area (Å²) >= 11 is 5.82. The number of carbonyl (C=O) groups excluding carboxylic acids is 2. The lowest BCUT2D eigenvalue weighted by Crippen LogP contribution is -2.51. The van der Waals surface area contributed by atoms with Crippen LogP contribution in [0, 0.1) is 6.92 Å². The Balaban J connectivity index is 2.00. The molecule has 7 nitrogen and oxygen atoms in total. The molecule has 1 atom stereocenters. The first-order chi connectivity index (χ1) is 9.47. The van der Waals surface area contributed by atoms with Gasteiger partial charge in [0.25, 0.3) is 0 Å². The Bertz CT molecular complexity index is 537. The van der Waals surface area contributed by atoms with Gasteiger partial charge in [-0.2, -0.15) is 0 Å². The van der Waals surface area contributed by atoms with Crippen molar-refractivity contribution >= 4 is 29.2 Å². The number of anilines is 1. The maximum atomic E-state index is 12.1. The van der Waals surface area contributed by atoms with Crippen molar-refractivity contribution < 1.29 is 14.3 Å². The van der Waals surface area contributed by atoms with E-state index in [4.69, 9.17) is 22.1 Å². The molecule has 0 saturated carbocycles. The molecule has 20 heavy (non-hydrogen) atoms. The number of pyridine rings is 1. The van der Waals surface area contributed by atoms with E-state index in [1.54, 1.807) is 13.0 Å².